The van der Waals surface area contributed by atoms with Crippen LogP contribution in [-0.2, 0) is 62.9 Å². The van der Waals surface area contributed by atoms with E-state index in [1.54, 1.807) is 12.2 Å². The number of rotatable bonds is 29. The van der Waals surface area contributed by atoms with Crippen LogP contribution < -0.4 is 0 Å². The predicted octanol–water partition coefficient (Wildman–Crippen LogP) is 22.5. The molecule has 0 spiro atoms. The zero-order valence-corrected chi connectivity index (χ0v) is 107. The Hall–Kier alpha value is -7.04. The van der Waals surface area contributed by atoms with E-state index >= 15 is 0 Å². The molecule has 0 N–H and O–H groups in total. The molecule has 6 aliphatic rings. The fraction of sp³-hybridized carbons (Fsp3) is 0.711. The summed E-state index contributed by atoms with van der Waals surface area (Å²) >= 11 is 0. The van der Waals surface area contributed by atoms with Gasteiger partial charge in [0.1, 0.15) is 27.1 Å². The summed E-state index contributed by atoms with van der Waals surface area (Å²) in [5, 5.41) is 0. The highest BCUT2D eigenvalue weighted by atomic mass is 28.4. The molecule has 0 radical (unpaired) electrons. The molecule has 0 saturated carbocycles. The van der Waals surface area contributed by atoms with Crippen molar-refractivity contribution in [2.75, 3.05) is 0 Å². The van der Waals surface area contributed by atoms with Gasteiger partial charge in [-0.15, -0.1) is 13.2 Å². The first-order valence-corrected chi connectivity index (χ1v) is 91.2. The summed E-state index contributed by atoms with van der Waals surface area (Å²) in [6.07, 6.45) is 8.30. The van der Waals surface area contributed by atoms with Crippen LogP contribution in [0, 0.1) is 50.7 Å². The number of urea groups is 6. The van der Waals surface area contributed by atoms with E-state index in [0.717, 1.165) is 12.8 Å². The number of allylic oxidation sites excluding steroid dienone is 2. The van der Waals surface area contributed by atoms with Gasteiger partial charge in [0.15, 0.2) is 104 Å². The number of hydrogen-bond acceptors (Lipinski definition) is 18. The number of hydrogen-bond donors (Lipinski definition) is 0. The molecule has 24 amide bonds. The summed E-state index contributed by atoms with van der Waals surface area (Å²) in [7, 11) is -27.0. The molecule has 1 aromatic carbocycles. The average Bonchev–Trinajstić information content (AvgIpc) is 0.747. The van der Waals surface area contributed by atoms with Crippen LogP contribution in [0.1, 0.15) is 160 Å². The number of imide groups is 12. The van der Waals surface area contributed by atoms with Crippen molar-refractivity contribution in [3.05, 3.63) is 61.2 Å². The zero-order chi connectivity index (χ0) is 110. The minimum absolute atomic E-state index is 0.0710. The molecule has 786 valence electrons. The van der Waals surface area contributed by atoms with E-state index in [-0.39, 0.29) is 119 Å². The maximum Gasteiger partial charge on any atom is 0.317 e. The lowest BCUT2D eigenvalue weighted by Gasteiger charge is -2.53. The minimum atomic E-state index is -2.31. The van der Waals surface area contributed by atoms with E-state index in [1.807, 2.05) is 349 Å². The Morgan fingerprint density at radius 2 is 0.439 bits per heavy atom. The number of carbonyl (C=O) groups excluding carboxylic acids is 18. The van der Waals surface area contributed by atoms with Gasteiger partial charge >= 0.3 is 36.2 Å². The van der Waals surface area contributed by atoms with Crippen molar-refractivity contribution in [3.63, 3.8) is 0 Å². The fourth-order valence-corrected chi connectivity index (χ4v) is 37.9. The number of amides is 24. The average molecular weight is 2140 g/mol. The monoisotopic (exact) mass is 2140 g/mol. The Kier molecular flexibility index (Phi) is 41.0. The van der Waals surface area contributed by atoms with Crippen molar-refractivity contribution in [1.82, 2.24) is 54.8 Å². The third-order valence-electron chi connectivity index (χ3n) is 27.4. The molecule has 6 aliphatic heterocycles. The van der Waals surface area contributed by atoms with Gasteiger partial charge in [-0.25, -0.2) is 28.8 Å². The van der Waals surface area contributed by atoms with E-state index in [4.69, 9.17) is 0 Å². The molecule has 6 heterocycles. The standard InChI is InChI=1S/C18H28N2O3Si2.C17H34N2O3Si2.C17H32N2O3Si2.C16H30N2O3Si2.C15H30N2O3Si2.C14H28N2O3Si2/c1-8-18(14-12-10-9-11-13-14)15(21)19(24(2,3)4)17(23)20(16(18)22)25(5,6)7;1-10-12-13(3)17(11-2)14(20)18(23(4,5)6)16(22)19(15(17)21)24(7,8)9;1-10-12-17(13(3)11-2)14(20)18(23(4,5)6)16(22)19(15(17)21)24(7,8)9;1-10-11-16(12(2)3)13(19)17(22(4,5)6)15(21)18(14(16)20)23(7,8)9;1-10-15(11(2)3)12(18)16(21(4,5)6)14(20)17(13(15)19)22(7,8)9;1-9-14(10-2)11(17)15(20(3,4)5)13(19)16(12(14)18)21(6,7)8/h9-13H,8H2,1-7H3;13H,10-12H2,1-9H3;10,13H,1,11-12H2,2-9H3;10,12H,1,11H2,2-9H3;11H,10H2,1-9H3;9-10H2,1-8H3. The summed E-state index contributed by atoms with van der Waals surface area (Å²) in [6.45, 7) is 103. The highest BCUT2D eigenvalue weighted by molar-refractivity contribution is 6.88. The maximum atomic E-state index is 13.5. The zero-order valence-electron chi connectivity index (χ0n) is 95.1. The van der Waals surface area contributed by atoms with Gasteiger partial charge in [0.2, 0.25) is 70.9 Å². The van der Waals surface area contributed by atoms with E-state index in [9.17, 15) is 86.3 Å². The lowest BCUT2D eigenvalue weighted by Crippen LogP contribution is -2.75. The summed E-state index contributed by atoms with van der Waals surface area (Å²) in [6, 6.07) is 6.76. The van der Waals surface area contributed by atoms with Crippen LogP contribution in [0.3, 0.4) is 0 Å². The van der Waals surface area contributed by atoms with E-state index in [0.29, 0.717) is 44.1 Å². The Morgan fingerprint density at radius 1 is 0.245 bits per heavy atom. The number of nitrogens with zero attached hydrogens (tertiary/aromatic N) is 12. The third-order valence-corrected chi connectivity index (χ3v) is 48.3. The smallest absolute Gasteiger partial charge is 0.294 e. The summed E-state index contributed by atoms with van der Waals surface area (Å²) < 4.78 is 17.2. The third kappa shape index (κ3) is 24.4. The molecule has 2 unspecified atom stereocenters. The summed E-state index contributed by atoms with van der Waals surface area (Å²) in [5.41, 5.74) is -6.31. The van der Waals surface area contributed by atoms with E-state index < -0.39 is 155 Å². The highest BCUT2D eigenvalue weighted by Crippen LogP contribution is 2.51. The first-order chi connectivity index (χ1) is 62.2. The molecule has 6 fully saturated rings. The summed E-state index contributed by atoms with van der Waals surface area (Å²) in [4.78, 5) is 238. The lowest BCUT2D eigenvalue weighted by atomic mass is 9.70. The first-order valence-electron chi connectivity index (χ1n) is 49.9. The Balaban J connectivity index is 0.000000565. The second kappa shape index (κ2) is 44.5. The predicted molar refractivity (Wildman–Crippen MR) is 589 cm³/mol. The maximum absolute atomic E-state index is 13.5. The molecule has 139 heavy (non-hydrogen) atoms. The quantitative estimate of drug-likeness (QED) is 0.0408. The molecule has 0 bridgehead atoms. The summed E-state index contributed by atoms with van der Waals surface area (Å²) in [5.74, 6) is -4.23. The molecule has 42 heteroatoms. The van der Waals surface area contributed by atoms with Crippen molar-refractivity contribution in [1.29, 1.82) is 0 Å². The van der Waals surface area contributed by atoms with Crippen molar-refractivity contribution in [3.8, 4) is 0 Å². The molecule has 1 aromatic rings. The van der Waals surface area contributed by atoms with Gasteiger partial charge in [0, 0.05) is 0 Å². The van der Waals surface area contributed by atoms with Crippen molar-refractivity contribution < 1.29 is 86.3 Å². The first kappa shape index (κ1) is 128. The van der Waals surface area contributed by atoms with Crippen molar-refractivity contribution in [2.24, 2.45) is 50.7 Å². The molecule has 0 aliphatic carbocycles. The Labute approximate surface area is 848 Å². The van der Waals surface area contributed by atoms with Crippen molar-refractivity contribution >= 4 is 206 Å². The van der Waals surface area contributed by atoms with Crippen LogP contribution in [0.15, 0.2) is 55.6 Å². The molecule has 30 nitrogen and oxygen atoms in total. The molecule has 2 atom stereocenters. The lowest BCUT2D eigenvalue weighted by molar-refractivity contribution is -0.159. The Bertz CT molecular complexity index is 4640. The van der Waals surface area contributed by atoms with E-state index in [1.165, 1.54) is 54.8 Å². The molecule has 7 rings (SSSR count). The van der Waals surface area contributed by atoms with Gasteiger partial charge in [0.05, 0.1) is 0 Å². The van der Waals surface area contributed by atoms with Crippen LogP contribution in [0.4, 0.5) is 28.8 Å². The fourth-order valence-electron chi connectivity index (χ4n) is 19.5. The SMILES string of the molecule is C=CCC1(C(C)C)C(=O)N([Si](C)(C)C)C(=O)N([Si](C)(C)C)C1=O.C=CCC1(C(C)CC)C(=O)N([Si](C)(C)C)C(=O)N([Si](C)(C)C)C1=O.CCC1(C(C)C)C(=O)N([Si](C)(C)C)C(=O)N([Si](C)(C)C)C1=O.CCC1(CC)C(=O)N([Si](C)(C)C)C(=O)N([Si](C)(C)C)C1=O.CCC1(c2ccccc2)C(=O)N([Si](C)(C)C)C(=O)N([Si](C)(C)C)C1=O.CCCC(C)C1(CC)C(=O)N([Si](C)(C)C)C(=O)N([Si](C)(C)C)C1=O. The Morgan fingerprint density at radius 3 is 0.619 bits per heavy atom. The van der Waals surface area contributed by atoms with Crippen LogP contribution in [0.5, 0.6) is 0 Å². The van der Waals surface area contributed by atoms with Gasteiger partial charge < -0.3 is 0 Å². The second-order valence-corrected chi connectivity index (χ2v) is 108. The van der Waals surface area contributed by atoms with Gasteiger partial charge in [0.25, 0.3) is 0 Å². The largest absolute Gasteiger partial charge is 0.317 e. The van der Waals surface area contributed by atoms with Crippen molar-refractivity contribution in [2.45, 2.75) is 395 Å². The number of barbiturate groups is 6. The number of carbonyl (C=O) groups is 18. The highest BCUT2D eigenvalue weighted by Gasteiger charge is 2.69. The van der Waals surface area contributed by atoms with Gasteiger partial charge in [-0.3, -0.25) is 112 Å². The normalized spacial score (nSPS) is 20.0. The van der Waals surface area contributed by atoms with E-state index in [2.05, 4.69) is 20.1 Å². The van der Waals surface area contributed by atoms with Gasteiger partial charge in [-0.1, -0.05) is 381 Å². The molecule has 0 aromatic heterocycles. The number of benzene rings is 1. The molecular formula is C97H182N12O18Si12. The van der Waals surface area contributed by atoms with Crippen LogP contribution in [0.25, 0.3) is 0 Å². The minimum Gasteiger partial charge on any atom is -0.294 e. The van der Waals surface area contributed by atoms with Gasteiger partial charge in [-0.05, 0) is 80.6 Å². The second-order valence-electron chi connectivity index (χ2n) is 50.7. The molecular weight excluding hydrogens is 1960 g/mol. The molecule has 6 saturated heterocycles. The topological polar surface area (TPSA) is 346 Å². The van der Waals surface area contributed by atoms with Crippen LogP contribution in [0.2, 0.25) is 236 Å². The van der Waals surface area contributed by atoms with Crippen LogP contribution in [-0.4, -0.2) is 261 Å². The van der Waals surface area contributed by atoms with Gasteiger partial charge in [-0.2, -0.15) is 0 Å². The van der Waals surface area contributed by atoms with Crippen LogP contribution >= 0.6 is 0 Å².